The number of aryl methyl sites for hydroxylation is 1. The molecule has 0 radical (unpaired) electrons. The Balaban J connectivity index is 1.48. The molecule has 0 saturated carbocycles. The Morgan fingerprint density at radius 3 is 2.86 bits per heavy atom. The van der Waals surface area contributed by atoms with Crippen LogP contribution in [0.2, 0.25) is 0 Å². The van der Waals surface area contributed by atoms with Crippen molar-refractivity contribution in [1.29, 1.82) is 0 Å². The van der Waals surface area contributed by atoms with Crippen LogP contribution in [0.3, 0.4) is 0 Å². The van der Waals surface area contributed by atoms with Gasteiger partial charge in [0.1, 0.15) is 11.9 Å². The highest BCUT2D eigenvalue weighted by molar-refractivity contribution is 5.78. The van der Waals surface area contributed by atoms with Crippen molar-refractivity contribution in [2.24, 2.45) is 0 Å². The molecule has 0 unspecified atom stereocenters. The lowest BCUT2D eigenvalue weighted by Gasteiger charge is -2.25. The summed E-state index contributed by atoms with van der Waals surface area (Å²) in [6.45, 7) is 8.59. The van der Waals surface area contributed by atoms with E-state index in [1.807, 2.05) is 36.5 Å². The van der Waals surface area contributed by atoms with E-state index in [1.54, 1.807) is 0 Å². The van der Waals surface area contributed by atoms with Crippen molar-refractivity contribution in [3.05, 3.63) is 82.2 Å². The lowest BCUT2D eigenvalue weighted by molar-refractivity contribution is -0.137. The van der Waals surface area contributed by atoms with Gasteiger partial charge in [0.15, 0.2) is 0 Å². The van der Waals surface area contributed by atoms with Gasteiger partial charge in [-0.1, -0.05) is 31.2 Å². The number of hydrogen-bond acceptors (Lipinski definition) is 7. The quantitative estimate of drug-likeness (QED) is 0.427. The van der Waals surface area contributed by atoms with Gasteiger partial charge in [0.25, 0.3) is 0 Å². The first-order valence-corrected chi connectivity index (χ1v) is 12.9. The molecule has 2 aliphatic rings. The van der Waals surface area contributed by atoms with Crippen LogP contribution in [-0.2, 0) is 17.9 Å². The van der Waals surface area contributed by atoms with Crippen LogP contribution in [0.1, 0.15) is 59.2 Å². The molecule has 3 heterocycles. The summed E-state index contributed by atoms with van der Waals surface area (Å²) in [5, 5.41) is 11.8. The summed E-state index contributed by atoms with van der Waals surface area (Å²) in [6.07, 6.45) is 2.86. The molecule has 0 amide bonds. The number of hydrogen-bond donors (Lipinski definition) is 3. The second kappa shape index (κ2) is 10.4. The summed E-state index contributed by atoms with van der Waals surface area (Å²) in [5.41, 5.74) is 14.8. The maximum absolute atomic E-state index is 12.0. The van der Waals surface area contributed by atoms with E-state index in [9.17, 15) is 9.90 Å². The van der Waals surface area contributed by atoms with Crippen LogP contribution in [0.4, 0.5) is 11.4 Å². The van der Waals surface area contributed by atoms with Gasteiger partial charge in [0.05, 0.1) is 23.5 Å². The van der Waals surface area contributed by atoms with Crippen molar-refractivity contribution in [3.63, 3.8) is 0 Å². The largest absolute Gasteiger partial charge is 0.487 e. The van der Waals surface area contributed by atoms with Gasteiger partial charge in [-0.3, -0.25) is 19.7 Å². The molecule has 2 atom stereocenters. The molecule has 0 bridgehead atoms. The number of carboxylic acids is 1. The molecule has 8 nitrogen and oxygen atoms in total. The first-order valence-electron chi connectivity index (χ1n) is 12.9. The zero-order valence-corrected chi connectivity index (χ0v) is 21.9. The summed E-state index contributed by atoms with van der Waals surface area (Å²) >= 11 is 0. The Kier molecular flexibility index (Phi) is 7.04. The van der Waals surface area contributed by atoms with Crippen LogP contribution in [0, 0.1) is 13.8 Å². The number of rotatable bonds is 7. The molecule has 37 heavy (non-hydrogen) atoms. The topological polar surface area (TPSA) is 90.0 Å². The van der Waals surface area contributed by atoms with E-state index in [0.717, 1.165) is 59.0 Å². The van der Waals surface area contributed by atoms with Crippen molar-refractivity contribution < 1.29 is 14.6 Å². The summed E-state index contributed by atoms with van der Waals surface area (Å²) in [7, 11) is 1.95. The number of carboxylic acid groups (broad SMARTS) is 1. The Morgan fingerprint density at radius 1 is 1.24 bits per heavy atom. The molecule has 2 aliphatic heterocycles. The van der Waals surface area contributed by atoms with Gasteiger partial charge in [0, 0.05) is 38.8 Å². The van der Waals surface area contributed by atoms with E-state index in [0.29, 0.717) is 6.54 Å². The molecule has 5 rings (SSSR count). The fraction of sp³-hybridized carbons (Fsp3) is 0.379. The molecule has 194 valence electrons. The Labute approximate surface area is 218 Å². The van der Waals surface area contributed by atoms with Gasteiger partial charge in [0.2, 0.25) is 0 Å². The number of anilines is 2. The van der Waals surface area contributed by atoms with E-state index in [2.05, 4.69) is 65.9 Å². The summed E-state index contributed by atoms with van der Waals surface area (Å²) in [4.78, 5) is 18.9. The number of aliphatic carboxylic acids is 1. The number of ether oxygens (including phenoxy) is 1. The third-order valence-corrected chi connectivity index (χ3v) is 7.55. The fourth-order valence-corrected chi connectivity index (χ4v) is 5.39. The number of pyridine rings is 1. The van der Waals surface area contributed by atoms with Crippen LogP contribution in [0.25, 0.3) is 0 Å². The van der Waals surface area contributed by atoms with Gasteiger partial charge in [-0.2, -0.15) is 0 Å². The van der Waals surface area contributed by atoms with E-state index in [1.165, 1.54) is 11.1 Å². The zero-order chi connectivity index (χ0) is 26.1. The SMILES string of the molecule is CC[C@@H]1CN(Cc2cc([C@@H](CC(=O)O)c3ccc4c(c3C)NNN4C)ccc2C)Cc2ncccc2O1. The Bertz CT molecular complexity index is 1310. The molecular formula is C29H35N5O3. The van der Waals surface area contributed by atoms with E-state index in [4.69, 9.17) is 4.74 Å². The lowest BCUT2D eigenvalue weighted by atomic mass is 9.84. The predicted octanol–water partition coefficient (Wildman–Crippen LogP) is 4.76. The number of fused-ring (bicyclic) bond motifs is 2. The van der Waals surface area contributed by atoms with Gasteiger partial charge < -0.3 is 15.3 Å². The second-order valence-electron chi connectivity index (χ2n) is 10.1. The van der Waals surface area contributed by atoms with Crippen molar-refractivity contribution in [2.45, 2.75) is 58.7 Å². The summed E-state index contributed by atoms with van der Waals surface area (Å²) in [6, 6.07) is 14.4. The van der Waals surface area contributed by atoms with Gasteiger partial charge in [-0.05, 0) is 66.3 Å². The normalized spacial score (nSPS) is 17.8. The van der Waals surface area contributed by atoms with E-state index >= 15 is 0 Å². The van der Waals surface area contributed by atoms with Gasteiger partial charge in [-0.15, -0.1) is 5.53 Å². The highest BCUT2D eigenvalue weighted by Crippen LogP contribution is 2.40. The van der Waals surface area contributed by atoms with Crippen LogP contribution in [-0.4, -0.2) is 40.7 Å². The number of nitrogens with one attached hydrogen (secondary N) is 2. The molecule has 0 spiro atoms. The van der Waals surface area contributed by atoms with Gasteiger partial charge in [-0.25, -0.2) is 0 Å². The minimum absolute atomic E-state index is 0.0259. The molecule has 3 aromatic rings. The van der Waals surface area contributed by atoms with Crippen molar-refractivity contribution in [2.75, 3.05) is 24.0 Å². The van der Waals surface area contributed by atoms with Crippen LogP contribution >= 0.6 is 0 Å². The van der Waals surface area contributed by atoms with Crippen LogP contribution in [0.15, 0.2) is 48.7 Å². The maximum atomic E-state index is 12.0. The average molecular weight is 502 g/mol. The fourth-order valence-electron chi connectivity index (χ4n) is 5.39. The van der Waals surface area contributed by atoms with Crippen LogP contribution in [0.5, 0.6) is 5.75 Å². The molecule has 2 aromatic carbocycles. The third-order valence-electron chi connectivity index (χ3n) is 7.55. The van der Waals surface area contributed by atoms with Gasteiger partial charge >= 0.3 is 5.97 Å². The second-order valence-corrected chi connectivity index (χ2v) is 10.1. The minimum Gasteiger partial charge on any atom is -0.487 e. The highest BCUT2D eigenvalue weighted by atomic mass is 16.5. The molecule has 8 heteroatoms. The summed E-state index contributed by atoms with van der Waals surface area (Å²) < 4.78 is 6.24. The Hall–Kier alpha value is -3.62. The third kappa shape index (κ3) is 5.12. The number of aromatic nitrogens is 1. The summed E-state index contributed by atoms with van der Waals surface area (Å²) in [5.74, 6) is -0.203. The highest BCUT2D eigenvalue weighted by Gasteiger charge is 2.27. The van der Waals surface area contributed by atoms with Crippen LogP contribution < -0.4 is 20.7 Å². The molecule has 0 aliphatic carbocycles. The monoisotopic (exact) mass is 501 g/mol. The standard InChI is InChI=1S/C29H35N5O3/c1-5-22-16-34(17-25-27(37-22)7-6-12-30-25)15-21-13-20(9-8-18(21)2)24(14-28(35)36)23-10-11-26-29(19(23)3)31-32-33(26)4/h6-13,22,24,31-32H,5,14-17H2,1-4H3,(H,35,36)/t22-,24-/m1/s1. The average Bonchev–Trinajstić information content (AvgIpc) is 3.16. The first kappa shape index (κ1) is 25.0. The zero-order valence-electron chi connectivity index (χ0n) is 21.9. The number of carbonyl (C=O) groups is 1. The molecule has 1 aromatic heterocycles. The number of nitrogens with zero attached hydrogens (tertiary/aromatic N) is 3. The number of benzene rings is 2. The first-order chi connectivity index (χ1) is 17.8. The van der Waals surface area contributed by atoms with E-state index < -0.39 is 5.97 Å². The van der Waals surface area contributed by atoms with Crippen molar-refractivity contribution in [1.82, 2.24) is 15.4 Å². The molecular weight excluding hydrogens is 466 g/mol. The lowest BCUT2D eigenvalue weighted by Crippen LogP contribution is -2.32. The predicted molar refractivity (Wildman–Crippen MR) is 145 cm³/mol. The number of hydrazine groups is 2. The smallest absolute Gasteiger partial charge is 0.304 e. The van der Waals surface area contributed by atoms with Crippen molar-refractivity contribution in [3.8, 4) is 5.75 Å². The maximum Gasteiger partial charge on any atom is 0.304 e. The minimum atomic E-state index is -0.812. The van der Waals surface area contributed by atoms with Crippen molar-refractivity contribution >= 4 is 17.3 Å². The van der Waals surface area contributed by atoms with E-state index in [-0.39, 0.29) is 18.4 Å². The molecule has 0 fully saturated rings. The Morgan fingerprint density at radius 2 is 2.08 bits per heavy atom. The molecule has 0 saturated heterocycles. The molecule has 3 N–H and O–H groups in total.